The van der Waals surface area contributed by atoms with Crippen LogP contribution in [0.4, 0.5) is 0 Å². The van der Waals surface area contributed by atoms with Gasteiger partial charge in [0.05, 0.1) is 17.6 Å². The standard InChI is InChI=1S/C14H20ClN3O4S.ClH/c1-10-13(16-7-8-22-10)14(19)17-5-6-18-23(20,21)12-4-2-3-11(15)9-12;/h2-4,9-10,13,16,18H,5-8H2,1H3,(H,17,19);1H/t10-,13+;/m1./s1. The van der Waals surface area contributed by atoms with E-state index in [1.165, 1.54) is 12.1 Å². The van der Waals surface area contributed by atoms with Gasteiger partial charge in [0.15, 0.2) is 0 Å². The molecule has 10 heteroatoms. The average Bonchev–Trinajstić information content (AvgIpc) is 2.52. The zero-order valence-electron chi connectivity index (χ0n) is 13.1. The van der Waals surface area contributed by atoms with Gasteiger partial charge in [0.25, 0.3) is 0 Å². The molecule has 0 aliphatic carbocycles. The third kappa shape index (κ3) is 5.87. The van der Waals surface area contributed by atoms with Crippen LogP contribution in [0.2, 0.25) is 5.02 Å². The van der Waals surface area contributed by atoms with Crippen LogP contribution in [0.25, 0.3) is 0 Å². The molecule has 1 aromatic rings. The number of hydrogen-bond donors (Lipinski definition) is 3. The number of morpholine rings is 1. The Morgan fingerprint density at radius 2 is 2.17 bits per heavy atom. The van der Waals surface area contributed by atoms with E-state index in [9.17, 15) is 13.2 Å². The summed E-state index contributed by atoms with van der Waals surface area (Å²) in [6.45, 7) is 3.28. The summed E-state index contributed by atoms with van der Waals surface area (Å²) >= 11 is 5.79. The Bertz CT molecular complexity index is 657. The fourth-order valence-corrected chi connectivity index (χ4v) is 3.56. The van der Waals surface area contributed by atoms with Gasteiger partial charge in [0.1, 0.15) is 6.04 Å². The highest BCUT2D eigenvalue weighted by Gasteiger charge is 2.27. The van der Waals surface area contributed by atoms with Crippen molar-refractivity contribution in [2.24, 2.45) is 0 Å². The number of sulfonamides is 1. The van der Waals surface area contributed by atoms with Crippen LogP contribution in [-0.4, -0.2) is 52.7 Å². The molecule has 0 bridgehead atoms. The Morgan fingerprint density at radius 3 is 2.83 bits per heavy atom. The maximum Gasteiger partial charge on any atom is 0.240 e. The second kappa shape index (κ2) is 9.55. The third-order valence-electron chi connectivity index (χ3n) is 3.42. The second-order valence-corrected chi connectivity index (χ2v) is 7.36. The molecule has 3 N–H and O–H groups in total. The van der Waals surface area contributed by atoms with E-state index >= 15 is 0 Å². The minimum atomic E-state index is -3.64. The van der Waals surface area contributed by atoms with Crippen molar-refractivity contribution in [1.82, 2.24) is 15.4 Å². The van der Waals surface area contributed by atoms with Gasteiger partial charge in [-0.05, 0) is 25.1 Å². The molecule has 1 amide bonds. The van der Waals surface area contributed by atoms with Crippen LogP contribution in [0.3, 0.4) is 0 Å². The van der Waals surface area contributed by atoms with Crippen molar-refractivity contribution in [2.75, 3.05) is 26.2 Å². The molecule has 7 nitrogen and oxygen atoms in total. The lowest BCUT2D eigenvalue weighted by molar-refractivity contribution is -0.128. The summed E-state index contributed by atoms with van der Waals surface area (Å²) in [4.78, 5) is 12.1. The molecule has 0 saturated carbocycles. The van der Waals surface area contributed by atoms with Crippen LogP contribution < -0.4 is 15.4 Å². The van der Waals surface area contributed by atoms with Gasteiger partial charge in [-0.3, -0.25) is 4.79 Å². The number of amides is 1. The maximum absolute atomic E-state index is 12.1. The molecule has 1 aliphatic heterocycles. The molecule has 2 atom stereocenters. The van der Waals surface area contributed by atoms with Gasteiger partial charge in [-0.1, -0.05) is 17.7 Å². The molecule has 0 aromatic heterocycles. The van der Waals surface area contributed by atoms with E-state index in [0.29, 0.717) is 18.2 Å². The summed E-state index contributed by atoms with van der Waals surface area (Å²) in [6.07, 6.45) is -0.216. The zero-order valence-corrected chi connectivity index (χ0v) is 15.5. The van der Waals surface area contributed by atoms with Crippen LogP contribution in [-0.2, 0) is 19.6 Å². The van der Waals surface area contributed by atoms with Gasteiger partial charge >= 0.3 is 0 Å². The minimum absolute atomic E-state index is 0. The lowest BCUT2D eigenvalue weighted by Gasteiger charge is -2.29. The van der Waals surface area contributed by atoms with E-state index in [2.05, 4.69) is 15.4 Å². The number of hydrogen-bond acceptors (Lipinski definition) is 5. The first-order valence-corrected chi connectivity index (χ1v) is 9.14. The van der Waals surface area contributed by atoms with Crippen LogP contribution in [0.1, 0.15) is 6.92 Å². The normalized spacial score (nSPS) is 20.9. The predicted molar refractivity (Wildman–Crippen MR) is 94.1 cm³/mol. The molecule has 1 heterocycles. The average molecular weight is 398 g/mol. The van der Waals surface area contributed by atoms with Crippen LogP contribution in [0.5, 0.6) is 0 Å². The molecular weight excluding hydrogens is 377 g/mol. The maximum atomic E-state index is 12.1. The predicted octanol–water partition coefficient (Wildman–Crippen LogP) is 0.533. The molecule has 1 aliphatic rings. The minimum Gasteiger partial charge on any atom is -0.375 e. The summed E-state index contributed by atoms with van der Waals surface area (Å²) in [5.74, 6) is -0.209. The van der Waals surface area contributed by atoms with E-state index < -0.39 is 16.1 Å². The Balaban J connectivity index is 0.00000288. The molecule has 0 unspecified atom stereocenters. The van der Waals surface area contributed by atoms with Gasteiger partial charge in [-0.25, -0.2) is 13.1 Å². The van der Waals surface area contributed by atoms with Crippen molar-refractivity contribution >= 4 is 39.9 Å². The number of carbonyl (C=O) groups excluding carboxylic acids is 1. The lowest BCUT2D eigenvalue weighted by atomic mass is 10.1. The smallest absolute Gasteiger partial charge is 0.240 e. The first-order valence-electron chi connectivity index (χ1n) is 7.28. The Hall–Kier alpha value is -0.900. The molecule has 24 heavy (non-hydrogen) atoms. The van der Waals surface area contributed by atoms with Crippen molar-refractivity contribution in [1.29, 1.82) is 0 Å². The second-order valence-electron chi connectivity index (χ2n) is 5.15. The molecule has 0 radical (unpaired) electrons. The topological polar surface area (TPSA) is 96.5 Å². The summed E-state index contributed by atoms with van der Waals surface area (Å²) < 4.78 is 31.9. The van der Waals surface area contributed by atoms with Crippen molar-refractivity contribution < 1.29 is 17.9 Å². The fraction of sp³-hybridized carbons (Fsp3) is 0.500. The first-order chi connectivity index (χ1) is 10.9. The van der Waals surface area contributed by atoms with Gasteiger partial charge < -0.3 is 15.4 Å². The Morgan fingerprint density at radius 1 is 1.42 bits per heavy atom. The van der Waals surface area contributed by atoms with Crippen LogP contribution in [0, 0.1) is 0 Å². The largest absolute Gasteiger partial charge is 0.375 e. The Labute approximate surface area is 152 Å². The highest BCUT2D eigenvalue weighted by molar-refractivity contribution is 7.89. The first kappa shape index (κ1) is 21.1. The van der Waals surface area contributed by atoms with Crippen LogP contribution >= 0.6 is 24.0 Å². The highest BCUT2D eigenvalue weighted by Crippen LogP contribution is 2.14. The van der Waals surface area contributed by atoms with Crippen molar-refractivity contribution in [2.45, 2.75) is 24.0 Å². The monoisotopic (exact) mass is 397 g/mol. The number of carbonyl (C=O) groups is 1. The number of halogens is 2. The van der Waals surface area contributed by atoms with Gasteiger partial charge in [0.2, 0.25) is 15.9 Å². The van der Waals surface area contributed by atoms with Crippen LogP contribution in [0.15, 0.2) is 29.2 Å². The molecule has 1 saturated heterocycles. The summed E-state index contributed by atoms with van der Waals surface area (Å²) in [6, 6.07) is 5.56. The third-order valence-corrected chi connectivity index (χ3v) is 5.12. The molecule has 1 fully saturated rings. The number of rotatable bonds is 6. The number of nitrogens with one attached hydrogen (secondary N) is 3. The summed E-state index contributed by atoms with van der Waals surface area (Å²) in [5, 5.41) is 6.10. The Kier molecular flexibility index (Phi) is 8.41. The zero-order chi connectivity index (χ0) is 16.9. The number of ether oxygens (including phenoxy) is 1. The van der Waals surface area contributed by atoms with Crippen molar-refractivity contribution in [3.05, 3.63) is 29.3 Å². The van der Waals surface area contributed by atoms with Gasteiger partial charge in [0, 0.05) is 24.7 Å². The van der Waals surface area contributed by atoms with E-state index in [0.717, 1.165) is 0 Å². The molecule has 0 spiro atoms. The molecule has 1 aromatic carbocycles. The van der Waals surface area contributed by atoms with E-state index in [1.807, 2.05) is 6.92 Å². The molecule has 2 rings (SSSR count). The number of benzene rings is 1. The quantitative estimate of drug-likeness (QED) is 0.608. The van der Waals surface area contributed by atoms with Crippen molar-refractivity contribution in [3.63, 3.8) is 0 Å². The van der Waals surface area contributed by atoms with Gasteiger partial charge in [-0.2, -0.15) is 0 Å². The van der Waals surface area contributed by atoms with E-state index in [4.69, 9.17) is 16.3 Å². The lowest BCUT2D eigenvalue weighted by Crippen LogP contribution is -2.56. The molecular formula is C14H21Cl2N3O4S. The molecule has 136 valence electrons. The highest BCUT2D eigenvalue weighted by atomic mass is 35.5. The van der Waals surface area contributed by atoms with Crippen molar-refractivity contribution in [3.8, 4) is 0 Å². The SMILES string of the molecule is C[C@H]1OCCN[C@@H]1C(=O)NCCNS(=O)(=O)c1cccc(Cl)c1.Cl. The van der Waals surface area contributed by atoms with Gasteiger partial charge in [-0.15, -0.1) is 12.4 Å². The van der Waals surface area contributed by atoms with E-state index in [-0.39, 0.29) is 42.4 Å². The van der Waals surface area contributed by atoms with E-state index in [1.54, 1.807) is 12.1 Å². The fourth-order valence-electron chi connectivity index (χ4n) is 2.23. The summed E-state index contributed by atoms with van der Waals surface area (Å²) in [7, 11) is -3.64. The summed E-state index contributed by atoms with van der Waals surface area (Å²) in [5.41, 5.74) is 0.